The number of aromatic hydroxyl groups is 2. The maximum atomic E-state index is 14.2. The van der Waals surface area contributed by atoms with E-state index in [-0.39, 0.29) is 65.3 Å². The van der Waals surface area contributed by atoms with E-state index in [2.05, 4.69) is 42.3 Å². The van der Waals surface area contributed by atoms with Crippen LogP contribution in [0.4, 0.5) is 28.4 Å². The van der Waals surface area contributed by atoms with Gasteiger partial charge in [0.25, 0.3) is 11.8 Å². The first kappa shape index (κ1) is 50.1. The van der Waals surface area contributed by atoms with Gasteiger partial charge >= 0.3 is 5.97 Å². The van der Waals surface area contributed by atoms with Crippen LogP contribution in [0.2, 0.25) is 0 Å². The number of anilines is 4. The summed E-state index contributed by atoms with van der Waals surface area (Å²) >= 11 is 0. The van der Waals surface area contributed by atoms with Crippen LogP contribution in [0.25, 0.3) is 0 Å². The van der Waals surface area contributed by atoms with E-state index >= 15 is 0 Å². The highest BCUT2D eigenvalue weighted by Gasteiger charge is 2.39. The Bertz CT molecular complexity index is 3160. The van der Waals surface area contributed by atoms with E-state index in [0.717, 1.165) is 45.7 Å². The van der Waals surface area contributed by atoms with Crippen molar-refractivity contribution < 1.29 is 48.4 Å². The maximum Gasteiger partial charge on any atom is 0.333 e. The first-order chi connectivity index (χ1) is 35.7. The Kier molecular flexibility index (Phi) is 14.1. The van der Waals surface area contributed by atoms with Gasteiger partial charge in [-0.2, -0.15) is 0 Å². The fourth-order valence-corrected chi connectivity index (χ4v) is 12.6. The molecule has 0 bridgehead atoms. The number of amides is 2. The van der Waals surface area contributed by atoms with E-state index in [0.29, 0.717) is 76.2 Å². The van der Waals surface area contributed by atoms with Crippen LogP contribution in [-0.4, -0.2) is 95.4 Å². The number of aliphatic imine (C=N–C) groups is 1. The largest absolute Gasteiger partial charge is 0.493 e. The number of hydrogen-bond acceptors (Lipinski definition) is 15. The number of nitrogens with zero attached hydrogens (tertiary/aromatic N) is 5. The molecule has 0 saturated heterocycles. The van der Waals surface area contributed by atoms with Crippen LogP contribution in [-0.2, 0) is 30.8 Å². The first-order valence-electron chi connectivity index (χ1n) is 24.5. The molecule has 10 rings (SSSR count). The van der Waals surface area contributed by atoms with E-state index in [1.807, 2.05) is 79.7 Å². The molecule has 18 heteroatoms. The topological polar surface area (TPSA) is 177 Å². The van der Waals surface area contributed by atoms with Crippen molar-refractivity contribution in [3.8, 4) is 34.8 Å². The third kappa shape index (κ3) is 10.2. The number of para-hydroxylation sites is 2. The van der Waals surface area contributed by atoms with Gasteiger partial charge in [-0.1, -0.05) is 64.9 Å². The number of ether oxygens (including phenoxy) is 4. The first-order valence-corrected chi connectivity index (χ1v) is 26.7. The van der Waals surface area contributed by atoms with Gasteiger partial charge in [-0.3, -0.25) is 19.5 Å². The minimum absolute atomic E-state index is 0.0227. The molecule has 4 aliphatic heterocycles. The Morgan fingerprint density at radius 1 is 0.797 bits per heavy atom. The van der Waals surface area contributed by atoms with Gasteiger partial charge in [0.2, 0.25) is 11.8 Å². The zero-order valence-electron chi connectivity index (χ0n) is 42.0. The summed E-state index contributed by atoms with van der Waals surface area (Å²) in [6.45, 7) is 7.92. The average molecular weight is 1040 g/mol. The highest BCUT2D eigenvalue weighted by atomic mass is 33.1. The summed E-state index contributed by atoms with van der Waals surface area (Å²) in [5, 5.41) is 23.3. The fourth-order valence-electron chi connectivity index (χ4n) is 9.97. The lowest BCUT2D eigenvalue weighted by atomic mass is 10.1. The summed E-state index contributed by atoms with van der Waals surface area (Å²) in [5.41, 5.74) is 8.82. The van der Waals surface area contributed by atoms with Gasteiger partial charge in [0.05, 0.1) is 48.8 Å². The minimum Gasteiger partial charge on any atom is -0.493 e. The fraction of sp³-hybridized carbons (Fsp3) is 0.321. The molecule has 1 aromatic heterocycles. The number of hydrogen-bond donors (Lipinski definition) is 3. The molecular weight excluding hydrogens is 981 g/mol. The van der Waals surface area contributed by atoms with Crippen LogP contribution >= 0.6 is 21.6 Å². The number of rotatable bonds is 18. The molecule has 74 heavy (non-hydrogen) atoms. The van der Waals surface area contributed by atoms with Crippen LogP contribution < -0.4 is 43.8 Å². The zero-order valence-corrected chi connectivity index (χ0v) is 43.6. The van der Waals surface area contributed by atoms with E-state index in [1.165, 1.54) is 12.1 Å². The lowest BCUT2D eigenvalue weighted by Crippen LogP contribution is -2.39. The number of benzene rings is 5. The van der Waals surface area contributed by atoms with Gasteiger partial charge in [0.1, 0.15) is 13.2 Å². The van der Waals surface area contributed by atoms with Crippen molar-refractivity contribution in [2.75, 3.05) is 54.4 Å². The molecule has 2 amide bonds. The summed E-state index contributed by atoms with van der Waals surface area (Å²) in [7, 11) is 8.56. The summed E-state index contributed by atoms with van der Waals surface area (Å²) in [5.74, 6) is 0.229. The second kappa shape index (κ2) is 20.8. The third-order valence-electron chi connectivity index (χ3n) is 13.6. The Hall–Kier alpha value is -7.44. The monoisotopic (exact) mass is 1040 g/mol. The summed E-state index contributed by atoms with van der Waals surface area (Å²) in [4.78, 5) is 56.7. The minimum atomic E-state index is -0.568. The molecule has 4 aliphatic rings. The van der Waals surface area contributed by atoms with Crippen molar-refractivity contribution in [3.63, 3.8) is 0 Å². The van der Waals surface area contributed by atoms with Crippen molar-refractivity contribution in [2.24, 2.45) is 4.99 Å². The van der Waals surface area contributed by atoms with Gasteiger partial charge in [0.15, 0.2) is 23.0 Å². The highest BCUT2D eigenvalue weighted by Crippen LogP contribution is 2.44. The molecule has 5 heterocycles. The Morgan fingerprint density at radius 2 is 1.41 bits per heavy atom. The van der Waals surface area contributed by atoms with Crippen molar-refractivity contribution in [3.05, 3.63) is 137 Å². The second-order valence-corrected chi connectivity index (χ2v) is 22.8. The lowest BCUT2D eigenvalue weighted by molar-refractivity contribution is -0.145. The highest BCUT2D eigenvalue weighted by molar-refractivity contribution is 8.77. The molecule has 0 radical (unpaired) electrons. The molecule has 384 valence electrons. The Morgan fingerprint density at radius 3 is 2.08 bits per heavy atom. The van der Waals surface area contributed by atoms with Crippen molar-refractivity contribution in [1.82, 2.24) is 4.73 Å². The quantitative estimate of drug-likeness (QED) is 0.0694. The van der Waals surface area contributed by atoms with Crippen molar-refractivity contribution >= 4 is 74.0 Å². The molecule has 16 nitrogen and oxygen atoms in total. The molecule has 0 fully saturated rings. The summed E-state index contributed by atoms with van der Waals surface area (Å²) in [6.07, 6.45) is 3.91. The van der Waals surface area contributed by atoms with Crippen molar-refractivity contribution in [2.45, 2.75) is 81.7 Å². The number of carbonyl (C=O) groups is 3. The molecule has 3 atom stereocenters. The lowest BCUT2D eigenvalue weighted by Gasteiger charge is -2.32. The maximum absolute atomic E-state index is 14.2. The van der Waals surface area contributed by atoms with Gasteiger partial charge in [-0.25, -0.2) is 4.79 Å². The van der Waals surface area contributed by atoms with Crippen LogP contribution in [0.15, 0.2) is 108 Å². The molecule has 3 unspecified atom stereocenters. The molecule has 6 aromatic rings. The van der Waals surface area contributed by atoms with E-state index in [1.54, 1.807) is 58.9 Å². The number of nitrogens with one attached hydrogen (secondary N) is 1. The van der Waals surface area contributed by atoms with Crippen LogP contribution in [0.3, 0.4) is 0 Å². The molecular formula is C56H58N6O10S2. The van der Waals surface area contributed by atoms with E-state index < -0.39 is 5.97 Å². The Labute approximate surface area is 437 Å². The normalized spacial score (nSPS) is 16.6. The van der Waals surface area contributed by atoms with E-state index in [4.69, 9.17) is 28.8 Å². The predicted molar refractivity (Wildman–Crippen MR) is 290 cm³/mol. The summed E-state index contributed by atoms with van der Waals surface area (Å²) in [6, 6.07) is 31.5. The standard InChI is InChI=1S/C56H58N6O10S2/c1-33(15-18-53(65)72-62-51(63)16-17-52(62)64)73-74-56(2,3)32-59(4)38-20-34(30-70-49-26-43-41(24-47(49)68-5)54(66)60-39(28-57-43)22-36-11-7-9-13-45(36)60)19-35(21-38)31-71-50-27-44-42(25-48(50)69-6)55(67)61-40(29-58-44)23-37-12-8-10-14-46(37)61/h7-14,16-17,19-21,24-28,33,39-40,58,63-64H,15,18,22-23,29-32H2,1-6H3. The molecule has 0 saturated carbocycles. The average Bonchev–Trinajstić information content (AvgIpc) is 4.01. The zero-order chi connectivity index (χ0) is 51.8. The molecule has 5 aromatic carbocycles. The SMILES string of the molecule is COc1cc2c(cc1OCc1cc(COc3cc4c(cc3OC)C(=O)N3c5ccccc5CC3CN4)cc(N(C)CC(C)(C)SSC(C)CCC(=O)On3c(O)ccc3O)c1)N=CC1Cc3ccccc3N1C2=O. The van der Waals surface area contributed by atoms with Crippen molar-refractivity contribution in [1.29, 1.82) is 0 Å². The number of methoxy groups -OCH3 is 2. The predicted octanol–water partition coefficient (Wildman–Crippen LogP) is 9.78. The van der Waals surface area contributed by atoms with Gasteiger partial charge in [-0.15, -0.1) is 4.73 Å². The van der Waals surface area contributed by atoms with Crippen LogP contribution in [0, 0.1) is 0 Å². The molecule has 3 N–H and O–H groups in total. The van der Waals surface area contributed by atoms with Gasteiger partial charge in [0, 0.05) is 90.5 Å². The number of aromatic nitrogens is 1. The third-order valence-corrected chi connectivity index (χ3v) is 17.4. The number of carbonyl (C=O) groups excluding carboxylic acids is 3. The second-order valence-electron chi connectivity index (χ2n) is 19.5. The van der Waals surface area contributed by atoms with E-state index in [9.17, 15) is 24.6 Å². The smallest absolute Gasteiger partial charge is 0.333 e. The summed E-state index contributed by atoms with van der Waals surface area (Å²) < 4.78 is 25.3. The molecule has 0 aliphatic carbocycles. The van der Waals surface area contributed by atoms with Crippen LogP contribution in [0.5, 0.6) is 34.8 Å². The Balaban J connectivity index is 0.873. The van der Waals surface area contributed by atoms with Gasteiger partial charge in [-0.05, 0) is 91.4 Å². The number of fused-ring (bicyclic) bond motifs is 8. The van der Waals surface area contributed by atoms with Gasteiger partial charge < -0.3 is 49.1 Å². The van der Waals surface area contributed by atoms with Crippen LogP contribution in [0.1, 0.15) is 76.6 Å². The molecule has 0 spiro atoms.